The summed E-state index contributed by atoms with van der Waals surface area (Å²) >= 11 is 0. The van der Waals surface area contributed by atoms with E-state index in [0.29, 0.717) is 10.8 Å². The van der Waals surface area contributed by atoms with Crippen molar-refractivity contribution >= 4 is 0 Å². The van der Waals surface area contributed by atoms with Gasteiger partial charge < -0.3 is 5.32 Å². The maximum Gasteiger partial charge on any atom is 0.0195 e. The molecule has 1 saturated heterocycles. The van der Waals surface area contributed by atoms with Gasteiger partial charge in [-0.05, 0) is 56.0 Å². The summed E-state index contributed by atoms with van der Waals surface area (Å²) in [6.45, 7) is 15.9. The summed E-state index contributed by atoms with van der Waals surface area (Å²) in [5, 5.41) is 3.72. The fourth-order valence-electron chi connectivity index (χ4n) is 4.95. The van der Waals surface area contributed by atoms with Crippen LogP contribution in [0.2, 0.25) is 0 Å². The van der Waals surface area contributed by atoms with Gasteiger partial charge in [0.2, 0.25) is 0 Å². The molecule has 1 unspecified atom stereocenters. The predicted octanol–water partition coefficient (Wildman–Crippen LogP) is 4.06. The van der Waals surface area contributed by atoms with E-state index in [-0.39, 0.29) is 0 Å². The molecule has 1 saturated carbocycles. The molecule has 1 aliphatic heterocycles. The summed E-state index contributed by atoms with van der Waals surface area (Å²) in [6, 6.07) is 1.51. The second-order valence-corrected chi connectivity index (χ2v) is 8.80. The number of hydrogen-bond acceptors (Lipinski definition) is 2. The van der Waals surface area contributed by atoms with E-state index in [9.17, 15) is 0 Å². The van der Waals surface area contributed by atoms with Gasteiger partial charge in [0.25, 0.3) is 0 Å². The molecule has 0 aromatic rings. The van der Waals surface area contributed by atoms with Crippen LogP contribution in [0.3, 0.4) is 0 Å². The number of rotatable bonds is 4. The zero-order valence-electron chi connectivity index (χ0n) is 14.5. The Morgan fingerprint density at radius 3 is 2.20 bits per heavy atom. The van der Waals surface area contributed by atoms with E-state index in [1.54, 1.807) is 0 Å². The highest BCUT2D eigenvalue weighted by Crippen LogP contribution is 2.47. The van der Waals surface area contributed by atoms with Crippen molar-refractivity contribution in [3.63, 3.8) is 0 Å². The summed E-state index contributed by atoms with van der Waals surface area (Å²) in [4.78, 5) is 2.77. The van der Waals surface area contributed by atoms with Crippen LogP contribution < -0.4 is 5.32 Å². The summed E-state index contributed by atoms with van der Waals surface area (Å²) < 4.78 is 0. The van der Waals surface area contributed by atoms with Crippen LogP contribution in [0.1, 0.15) is 73.1 Å². The lowest BCUT2D eigenvalue weighted by molar-refractivity contribution is 0.0213. The third kappa shape index (κ3) is 4.46. The standard InChI is InChI=1S/C18H36N2/c1-6-20(13-15-9-7-8-10-19-15)16-11-17(2,3)14-18(4,5)12-16/h15-16,19H,6-14H2,1-5H3. The lowest BCUT2D eigenvalue weighted by atomic mass is 9.63. The molecule has 118 valence electrons. The first-order valence-electron chi connectivity index (χ1n) is 8.79. The lowest BCUT2D eigenvalue weighted by Gasteiger charge is -2.49. The number of nitrogens with one attached hydrogen (secondary N) is 1. The second kappa shape index (κ2) is 6.36. The van der Waals surface area contributed by atoms with Gasteiger partial charge in [-0.15, -0.1) is 0 Å². The first-order chi connectivity index (χ1) is 9.31. The molecule has 2 nitrogen and oxygen atoms in total. The highest BCUT2D eigenvalue weighted by atomic mass is 15.2. The Hall–Kier alpha value is -0.0800. The number of hydrogen-bond donors (Lipinski definition) is 1. The van der Waals surface area contributed by atoms with E-state index in [0.717, 1.165) is 12.1 Å². The van der Waals surface area contributed by atoms with Crippen molar-refractivity contribution in [1.82, 2.24) is 10.2 Å². The number of likely N-dealkylation sites (N-methyl/N-ethyl adjacent to an activating group) is 1. The van der Waals surface area contributed by atoms with Crippen molar-refractivity contribution in [2.75, 3.05) is 19.6 Å². The van der Waals surface area contributed by atoms with Gasteiger partial charge in [-0.2, -0.15) is 0 Å². The molecular formula is C18H36N2. The summed E-state index contributed by atoms with van der Waals surface area (Å²) in [5.41, 5.74) is 1.000. The molecule has 0 bridgehead atoms. The quantitative estimate of drug-likeness (QED) is 0.835. The van der Waals surface area contributed by atoms with E-state index in [2.05, 4.69) is 44.8 Å². The zero-order valence-corrected chi connectivity index (χ0v) is 14.5. The molecular weight excluding hydrogens is 244 g/mol. The van der Waals surface area contributed by atoms with Crippen LogP contribution in [0.15, 0.2) is 0 Å². The molecule has 20 heavy (non-hydrogen) atoms. The molecule has 0 radical (unpaired) electrons. The summed E-state index contributed by atoms with van der Waals surface area (Å²) in [7, 11) is 0. The van der Waals surface area contributed by atoms with Gasteiger partial charge in [0, 0.05) is 18.6 Å². The minimum absolute atomic E-state index is 0.500. The molecule has 0 aromatic heterocycles. The fourth-order valence-corrected chi connectivity index (χ4v) is 4.95. The van der Waals surface area contributed by atoms with Gasteiger partial charge in [-0.3, -0.25) is 4.90 Å². The Bertz CT molecular complexity index is 287. The second-order valence-electron chi connectivity index (χ2n) is 8.80. The van der Waals surface area contributed by atoms with E-state index < -0.39 is 0 Å². The van der Waals surface area contributed by atoms with Crippen molar-refractivity contribution in [1.29, 1.82) is 0 Å². The van der Waals surface area contributed by atoms with Crippen LogP contribution in [0.25, 0.3) is 0 Å². The highest BCUT2D eigenvalue weighted by Gasteiger charge is 2.40. The van der Waals surface area contributed by atoms with Crippen LogP contribution in [0.5, 0.6) is 0 Å². The summed E-state index contributed by atoms with van der Waals surface area (Å²) in [6.07, 6.45) is 8.27. The fraction of sp³-hybridized carbons (Fsp3) is 1.00. The molecule has 2 fully saturated rings. The van der Waals surface area contributed by atoms with Crippen molar-refractivity contribution in [2.24, 2.45) is 10.8 Å². The van der Waals surface area contributed by atoms with Crippen LogP contribution in [-0.4, -0.2) is 36.6 Å². The third-order valence-electron chi connectivity index (χ3n) is 5.32. The highest BCUT2D eigenvalue weighted by molar-refractivity contribution is 4.94. The Labute approximate surface area is 126 Å². The molecule has 0 spiro atoms. The van der Waals surface area contributed by atoms with Crippen LogP contribution >= 0.6 is 0 Å². The Kier molecular flexibility index (Phi) is 5.18. The van der Waals surface area contributed by atoms with E-state index in [1.807, 2.05) is 0 Å². The normalized spacial score (nSPS) is 30.6. The van der Waals surface area contributed by atoms with E-state index in [1.165, 1.54) is 58.2 Å². The van der Waals surface area contributed by atoms with Crippen LogP contribution in [0.4, 0.5) is 0 Å². The SMILES string of the molecule is CCN(CC1CCCCN1)C1CC(C)(C)CC(C)(C)C1. The first-order valence-corrected chi connectivity index (χ1v) is 8.79. The molecule has 2 aliphatic rings. The Balaban J connectivity index is 1.98. The van der Waals surface area contributed by atoms with Crippen LogP contribution in [0, 0.1) is 10.8 Å². The van der Waals surface area contributed by atoms with Gasteiger partial charge in [0.05, 0.1) is 0 Å². The molecule has 1 heterocycles. The molecule has 2 rings (SSSR count). The van der Waals surface area contributed by atoms with Crippen molar-refractivity contribution in [2.45, 2.75) is 85.2 Å². The Morgan fingerprint density at radius 1 is 1.05 bits per heavy atom. The molecule has 1 aliphatic carbocycles. The maximum absolute atomic E-state index is 3.72. The molecule has 2 heteroatoms. The molecule has 1 atom stereocenters. The third-order valence-corrected chi connectivity index (χ3v) is 5.32. The monoisotopic (exact) mass is 280 g/mol. The van der Waals surface area contributed by atoms with E-state index >= 15 is 0 Å². The molecule has 0 amide bonds. The molecule has 1 N–H and O–H groups in total. The van der Waals surface area contributed by atoms with Gasteiger partial charge in [-0.25, -0.2) is 0 Å². The van der Waals surface area contributed by atoms with Crippen molar-refractivity contribution < 1.29 is 0 Å². The average molecular weight is 280 g/mol. The first kappa shape index (κ1) is 16.3. The van der Waals surface area contributed by atoms with Gasteiger partial charge >= 0.3 is 0 Å². The number of piperidine rings is 1. The average Bonchev–Trinajstić information content (AvgIpc) is 2.33. The smallest absolute Gasteiger partial charge is 0.0195 e. The number of nitrogens with zero attached hydrogens (tertiary/aromatic N) is 1. The predicted molar refractivity (Wildman–Crippen MR) is 88.1 cm³/mol. The lowest BCUT2D eigenvalue weighted by Crippen LogP contribution is -2.51. The van der Waals surface area contributed by atoms with Gasteiger partial charge in [0.1, 0.15) is 0 Å². The van der Waals surface area contributed by atoms with Gasteiger partial charge in [-0.1, -0.05) is 41.0 Å². The zero-order chi connectivity index (χ0) is 14.8. The van der Waals surface area contributed by atoms with E-state index in [4.69, 9.17) is 0 Å². The van der Waals surface area contributed by atoms with Crippen molar-refractivity contribution in [3.05, 3.63) is 0 Å². The largest absolute Gasteiger partial charge is 0.313 e. The minimum Gasteiger partial charge on any atom is -0.313 e. The van der Waals surface area contributed by atoms with Gasteiger partial charge in [0.15, 0.2) is 0 Å². The maximum atomic E-state index is 3.72. The summed E-state index contributed by atoms with van der Waals surface area (Å²) in [5.74, 6) is 0. The molecule has 0 aromatic carbocycles. The van der Waals surface area contributed by atoms with Crippen molar-refractivity contribution in [3.8, 4) is 0 Å². The topological polar surface area (TPSA) is 15.3 Å². The Morgan fingerprint density at radius 2 is 1.70 bits per heavy atom. The van der Waals surface area contributed by atoms with Crippen LogP contribution in [-0.2, 0) is 0 Å². The minimum atomic E-state index is 0.500.